The summed E-state index contributed by atoms with van der Waals surface area (Å²) in [6.45, 7) is 0. The molecule has 5 nitrogen and oxygen atoms in total. The van der Waals surface area contributed by atoms with Crippen molar-refractivity contribution < 1.29 is 24.5 Å². The summed E-state index contributed by atoms with van der Waals surface area (Å²) in [5.41, 5.74) is 3.04. The van der Waals surface area contributed by atoms with E-state index < -0.39 is 0 Å². The molecule has 0 radical (unpaired) electrons. The van der Waals surface area contributed by atoms with E-state index in [0.29, 0.717) is 24.3 Å². The molecule has 0 atom stereocenters. The molecule has 5 heteroatoms. The maximum atomic E-state index is 12.7. The third-order valence-electron chi connectivity index (χ3n) is 4.34. The number of Topliss-reactive ketones (excluding diaryl/α,β-unsaturated/α-hetero) is 1. The quantitative estimate of drug-likeness (QED) is 0.815. The van der Waals surface area contributed by atoms with Crippen molar-refractivity contribution in [2.75, 3.05) is 14.2 Å². The minimum Gasteiger partial charge on any atom is -0.504 e. The van der Waals surface area contributed by atoms with Crippen LogP contribution in [0.2, 0.25) is 0 Å². The first-order valence-corrected chi connectivity index (χ1v) is 8.21. The Morgan fingerprint density at radius 3 is 1.62 bits per heavy atom. The van der Waals surface area contributed by atoms with Crippen LogP contribution >= 0.6 is 0 Å². The zero-order valence-corrected chi connectivity index (χ0v) is 14.7. The van der Waals surface area contributed by atoms with Gasteiger partial charge in [0.15, 0.2) is 28.8 Å². The van der Waals surface area contributed by atoms with Crippen molar-refractivity contribution in [2.45, 2.75) is 12.8 Å². The molecule has 0 aromatic heterocycles. The number of carbonyl (C=O) groups is 1. The highest BCUT2D eigenvalue weighted by atomic mass is 16.5. The Bertz CT molecular complexity index is 835. The number of benzene rings is 2. The predicted molar refractivity (Wildman–Crippen MR) is 99.5 cm³/mol. The SMILES string of the molecule is COc1cc(C=C2CC/C(=C\c3ccc(O)c(OC)c3)C2=O)ccc1O. The van der Waals surface area contributed by atoms with Gasteiger partial charge in [-0.05, 0) is 60.4 Å². The maximum Gasteiger partial charge on any atom is 0.185 e. The van der Waals surface area contributed by atoms with Crippen molar-refractivity contribution in [1.29, 1.82) is 0 Å². The summed E-state index contributed by atoms with van der Waals surface area (Å²) in [7, 11) is 2.97. The average Bonchev–Trinajstić information content (AvgIpc) is 2.98. The first-order valence-electron chi connectivity index (χ1n) is 8.21. The lowest BCUT2D eigenvalue weighted by atomic mass is 10.1. The van der Waals surface area contributed by atoms with Crippen LogP contribution in [0.15, 0.2) is 47.5 Å². The fourth-order valence-corrected chi connectivity index (χ4v) is 2.95. The van der Waals surface area contributed by atoms with E-state index in [1.165, 1.54) is 14.2 Å². The van der Waals surface area contributed by atoms with Crippen LogP contribution in [-0.2, 0) is 4.79 Å². The van der Waals surface area contributed by atoms with Gasteiger partial charge < -0.3 is 19.7 Å². The second-order valence-electron chi connectivity index (χ2n) is 6.03. The topological polar surface area (TPSA) is 76.0 Å². The van der Waals surface area contributed by atoms with E-state index >= 15 is 0 Å². The zero-order chi connectivity index (χ0) is 18.7. The third kappa shape index (κ3) is 3.57. The first-order chi connectivity index (χ1) is 12.5. The van der Waals surface area contributed by atoms with Crippen molar-refractivity contribution in [3.63, 3.8) is 0 Å². The molecule has 0 amide bonds. The van der Waals surface area contributed by atoms with Crippen LogP contribution in [0.25, 0.3) is 12.2 Å². The summed E-state index contributed by atoms with van der Waals surface area (Å²) < 4.78 is 10.2. The first kappa shape index (κ1) is 17.6. The molecule has 0 spiro atoms. The summed E-state index contributed by atoms with van der Waals surface area (Å²) in [6, 6.07) is 9.97. The number of hydrogen-bond donors (Lipinski definition) is 2. The lowest BCUT2D eigenvalue weighted by Gasteiger charge is -2.05. The van der Waals surface area contributed by atoms with Crippen molar-refractivity contribution >= 4 is 17.9 Å². The van der Waals surface area contributed by atoms with Crippen molar-refractivity contribution in [2.24, 2.45) is 0 Å². The largest absolute Gasteiger partial charge is 0.504 e. The molecule has 134 valence electrons. The van der Waals surface area contributed by atoms with Gasteiger partial charge in [-0.2, -0.15) is 0 Å². The Morgan fingerprint density at radius 1 is 0.808 bits per heavy atom. The van der Waals surface area contributed by atoms with E-state index in [9.17, 15) is 15.0 Å². The van der Waals surface area contributed by atoms with Crippen LogP contribution in [0.5, 0.6) is 23.0 Å². The van der Waals surface area contributed by atoms with E-state index in [1.807, 2.05) is 12.2 Å². The lowest BCUT2D eigenvalue weighted by molar-refractivity contribution is -0.111. The number of hydrogen-bond acceptors (Lipinski definition) is 5. The van der Waals surface area contributed by atoms with Gasteiger partial charge in [-0.15, -0.1) is 0 Å². The van der Waals surface area contributed by atoms with Gasteiger partial charge in [0.2, 0.25) is 0 Å². The summed E-state index contributed by atoms with van der Waals surface area (Å²) in [6.07, 6.45) is 4.96. The second kappa shape index (κ2) is 7.35. The number of aromatic hydroxyl groups is 2. The summed E-state index contributed by atoms with van der Waals surface area (Å²) in [4.78, 5) is 12.7. The van der Waals surface area contributed by atoms with Crippen molar-refractivity contribution in [3.8, 4) is 23.0 Å². The number of rotatable bonds is 4. The van der Waals surface area contributed by atoms with Crippen LogP contribution < -0.4 is 9.47 Å². The minimum atomic E-state index is 0.00378. The standard InChI is InChI=1S/C21H20O5/c1-25-19-11-13(3-7-17(19)22)9-15-5-6-16(21(15)24)10-14-4-8-18(23)20(12-14)26-2/h3-4,7-12,22-23H,5-6H2,1-2H3/b15-9+,16-10?. The summed E-state index contributed by atoms with van der Waals surface area (Å²) in [5, 5.41) is 19.3. The summed E-state index contributed by atoms with van der Waals surface area (Å²) in [5.74, 6) is 0.876. The Hall–Kier alpha value is -3.21. The van der Waals surface area contributed by atoms with Gasteiger partial charge in [0.25, 0.3) is 0 Å². The van der Waals surface area contributed by atoms with Crippen LogP contribution in [0.1, 0.15) is 24.0 Å². The molecule has 1 aliphatic carbocycles. The van der Waals surface area contributed by atoms with Crippen molar-refractivity contribution in [1.82, 2.24) is 0 Å². The molecule has 1 saturated carbocycles. The predicted octanol–water partition coefficient (Wildman–Crippen LogP) is 3.94. The summed E-state index contributed by atoms with van der Waals surface area (Å²) >= 11 is 0. The van der Waals surface area contributed by atoms with E-state index in [2.05, 4.69) is 0 Å². The van der Waals surface area contributed by atoms with E-state index in [0.717, 1.165) is 22.3 Å². The highest BCUT2D eigenvalue weighted by Gasteiger charge is 2.23. The monoisotopic (exact) mass is 352 g/mol. The van der Waals surface area contributed by atoms with Gasteiger partial charge in [-0.1, -0.05) is 12.1 Å². The molecular formula is C21H20O5. The zero-order valence-electron chi connectivity index (χ0n) is 14.7. The molecule has 1 fully saturated rings. The van der Waals surface area contributed by atoms with E-state index in [-0.39, 0.29) is 17.3 Å². The molecule has 0 saturated heterocycles. The van der Waals surface area contributed by atoms with Crippen LogP contribution in [0, 0.1) is 0 Å². The number of phenolic OH excluding ortho intramolecular Hbond substituents is 2. The Labute approximate surface area is 151 Å². The molecule has 1 aliphatic rings. The van der Waals surface area contributed by atoms with Crippen molar-refractivity contribution in [3.05, 3.63) is 58.7 Å². The van der Waals surface area contributed by atoms with Crippen LogP contribution in [-0.4, -0.2) is 30.2 Å². The molecule has 0 heterocycles. The van der Waals surface area contributed by atoms with Crippen LogP contribution in [0.3, 0.4) is 0 Å². The van der Waals surface area contributed by atoms with Crippen LogP contribution in [0.4, 0.5) is 0 Å². The molecular weight excluding hydrogens is 332 g/mol. The minimum absolute atomic E-state index is 0.00378. The molecule has 2 aromatic carbocycles. The third-order valence-corrected chi connectivity index (χ3v) is 4.34. The number of methoxy groups -OCH3 is 2. The lowest BCUT2D eigenvalue weighted by Crippen LogP contribution is -1.96. The molecule has 2 aromatic rings. The second-order valence-corrected chi connectivity index (χ2v) is 6.03. The fraction of sp³-hybridized carbons (Fsp3) is 0.190. The maximum absolute atomic E-state index is 12.7. The van der Waals surface area contributed by atoms with Gasteiger partial charge in [0.05, 0.1) is 14.2 Å². The molecule has 26 heavy (non-hydrogen) atoms. The van der Waals surface area contributed by atoms with Gasteiger partial charge >= 0.3 is 0 Å². The number of allylic oxidation sites excluding steroid dienone is 2. The Morgan fingerprint density at radius 2 is 1.23 bits per heavy atom. The molecule has 0 bridgehead atoms. The van der Waals surface area contributed by atoms with E-state index in [4.69, 9.17) is 9.47 Å². The molecule has 2 N–H and O–H groups in total. The highest BCUT2D eigenvalue weighted by molar-refractivity contribution is 6.15. The Kier molecular flexibility index (Phi) is 4.98. The molecule has 0 aliphatic heterocycles. The average molecular weight is 352 g/mol. The number of phenols is 2. The fourth-order valence-electron chi connectivity index (χ4n) is 2.95. The van der Waals surface area contributed by atoms with Gasteiger partial charge in [0, 0.05) is 11.1 Å². The Balaban J connectivity index is 1.86. The molecule has 3 rings (SSSR count). The number of carbonyl (C=O) groups excluding carboxylic acids is 1. The smallest absolute Gasteiger partial charge is 0.185 e. The normalized spacial score (nSPS) is 17.1. The highest BCUT2D eigenvalue weighted by Crippen LogP contribution is 2.33. The molecule has 0 unspecified atom stereocenters. The van der Waals surface area contributed by atoms with E-state index in [1.54, 1.807) is 36.4 Å². The number of ether oxygens (including phenoxy) is 2. The van der Waals surface area contributed by atoms with Gasteiger partial charge in [-0.3, -0.25) is 4.79 Å². The number of ketones is 1. The van der Waals surface area contributed by atoms with Gasteiger partial charge in [0.1, 0.15) is 0 Å². The van der Waals surface area contributed by atoms with Gasteiger partial charge in [-0.25, -0.2) is 0 Å².